The number of hydroxylamine groups is 2. The van der Waals surface area contributed by atoms with E-state index >= 15 is 0 Å². The van der Waals surface area contributed by atoms with E-state index in [0.717, 1.165) is 52.2 Å². The van der Waals surface area contributed by atoms with E-state index in [4.69, 9.17) is 38.0 Å². The highest BCUT2D eigenvalue weighted by molar-refractivity contribution is 6.13. The van der Waals surface area contributed by atoms with Crippen LogP contribution in [0.3, 0.4) is 0 Å². The van der Waals surface area contributed by atoms with Gasteiger partial charge in [-0.05, 0) is 90.0 Å². The van der Waals surface area contributed by atoms with Gasteiger partial charge in [-0.15, -0.1) is 5.06 Å². The molecule has 1 fully saturated rings. The number of para-hydroxylation sites is 2. The average molecular weight is 1010 g/mol. The van der Waals surface area contributed by atoms with Crippen molar-refractivity contribution in [3.63, 3.8) is 0 Å². The van der Waals surface area contributed by atoms with Crippen molar-refractivity contribution >= 4 is 52.3 Å². The molecule has 0 aliphatic carbocycles. The van der Waals surface area contributed by atoms with Crippen LogP contribution in [0.2, 0.25) is 0 Å². The summed E-state index contributed by atoms with van der Waals surface area (Å²) < 4.78 is 41.8. The fourth-order valence-corrected chi connectivity index (χ4v) is 10.1. The van der Waals surface area contributed by atoms with Crippen molar-refractivity contribution in [2.24, 2.45) is 5.92 Å². The van der Waals surface area contributed by atoms with Crippen molar-refractivity contribution in [2.75, 3.05) is 86.9 Å². The van der Waals surface area contributed by atoms with Gasteiger partial charge in [0, 0.05) is 48.9 Å². The summed E-state index contributed by atoms with van der Waals surface area (Å²) in [6.07, 6.45) is 1.46. The van der Waals surface area contributed by atoms with Crippen LogP contribution in [0.15, 0.2) is 91.0 Å². The topological polar surface area (TPSA) is 193 Å². The highest BCUT2D eigenvalue weighted by atomic mass is 16.7. The van der Waals surface area contributed by atoms with Gasteiger partial charge in [-0.1, -0.05) is 43.3 Å². The molecule has 0 aromatic heterocycles. The first-order valence-corrected chi connectivity index (χ1v) is 25.0. The number of hydrogen-bond donors (Lipinski definition) is 2. The van der Waals surface area contributed by atoms with Crippen LogP contribution in [-0.4, -0.2) is 113 Å². The molecule has 0 radical (unpaired) electrons. The maximum Gasteiger partial charge on any atom is 0.335 e. The van der Waals surface area contributed by atoms with E-state index in [0.29, 0.717) is 71.2 Å². The normalized spacial score (nSPS) is 18.3. The summed E-state index contributed by atoms with van der Waals surface area (Å²) in [6.45, 7) is 6.73. The van der Waals surface area contributed by atoms with Crippen LogP contribution in [0.25, 0.3) is 0 Å². The smallest absolute Gasteiger partial charge is 0.335 e. The molecular weight excluding hydrogens is 951 g/mol. The summed E-state index contributed by atoms with van der Waals surface area (Å²) in [5.74, 6) is -0.308. The number of benzene rings is 5. The van der Waals surface area contributed by atoms with Crippen molar-refractivity contribution in [2.45, 2.75) is 64.8 Å². The van der Waals surface area contributed by atoms with Crippen molar-refractivity contribution < 1.29 is 62.0 Å². The van der Waals surface area contributed by atoms with Crippen LogP contribution < -0.4 is 39.4 Å². The van der Waals surface area contributed by atoms with E-state index in [1.807, 2.05) is 89.5 Å². The fourth-order valence-electron chi connectivity index (χ4n) is 10.1. The third-order valence-electron chi connectivity index (χ3n) is 13.7. The summed E-state index contributed by atoms with van der Waals surface area (Å²) >= 11 is 0. The Morgan fingerprint density at radius 3 is 1.73 bits per heavy atom. The number of nitrogens with zero attached hydrogens (tertiary/aromatic N) is 3. The Kier molecular flexibility index (Phi) is 15.0. The molecule has 5 aliphatic heterocycles. The highest BCUT2D eigenvalue weighted by Crippen LogP contribution is 2.42. The van der Waals surface area contributed by atoms with Gasteiger partial charge in [-0.3, -0.25) is 19.2 Å². The Labute approximate surface area is 428 Å². The minimum Gasteiger partial charge on any atom is -0.493 e. The van der Waals surface area contributed by atoms with Crippen LogP contribution in [0.4, 0.5) is 22.7 Å². The summed E-state index contributed by atoms with van der Waals surface area (Å²) in [4.78, 5) is 72.6. The molecule has 0 saturated carbocycles. The molecule has 4 amide bonds. The molecular formula is C56H59N5O13. The van der Waals surface area contributed by atoms with Crippen molar-refractivity contribution in [1.29, 1.82) is 0 Å². The largest absolute Gasteiger partial charge is 0.493 e. The van der Waals surface area contributed by atoms with Crippen LogP contribution in [0, 0.1) is 12.8 Å². The van der Waals surface area contributed by atoms with Gasteiger partial charge in [0.25, 0.3) is 23.6 Å². The first-order chi connectivity index (χ1) is 36.0. The van der Waals surface area contributed by atoms with Crippen molar-refractivity contribution in [3.8, 4) is 23.0 Å². The number of fused-ring (bicyclic) bond motifs is 8. The number of methoxy groups -OCH3 is 1. The minimum absolute atomic E-state index is 0.0123. The third kappa shape index (κ3) is 10.7. The number of rotatable bonds is 21. The Balaban J connectivity index is 0.759. The lowest BCUT2D eigenvalue weighted by Crippen LogP contribution is -2.39. The molecule has 18 heteroatoms. The zero-order chi connectivity index (χ0) is 51.3. The standard InChI is InChI=1S/C56H59N5O13/c1-34-20-43-45(57-30-40-25-38-8-4-6-10-47(38)59(40)55(43)65)28-49(34)72-32-36-22-37(33-73-51-29-46-44(27-50(51)67-3)56(66)60-41(31-58-46)26-39-9-5-7-11-48(39)60)24-42(23-36)71-19-18-70-17-16-69-15-14-68-13-12-53(63)74-61-52(62)21-35(2)54(61)64/h4-11,20,22-24,27-29,35,40-41,57-58H,12-19,21,25-26,30-33H2,1-3H3/t35?,40-,41-/m0/s1. The second-order valence-electron chi connectivity index (χ2n) is 18.9. The maximum atomic E-state index is 14.1. The second kappa shape index (κ2) is 22.2. The number of nitrogens with one attached hydrogen (secondary N) is 2. The lowest BCUT2D eigenvalue weighted by molar-refractivity contribution is -0.198. The molecule has 5 aliphatic rings. The molecule has 2 N–H and O–H groups in total. The van der Waals surface area contributed by atoms with Gasteiger partial charge in [0.2, 0.25) is 0 Å². The van der Waals surface area contributed by atoms with Gasteiger partial charge in [0.1, 0.15) is 31.3 Å². The molecule has 5 aromatic rings. The zero-order valence-corrected chi connectivity index (χ0v) is 41.6. The van der Waals surface area contributed by atoms with Crippen molar-refractivity contribution in [1.82, 2.24) is 5.06 Å². The highest BCUT2D eigenvalue weighted by Gasteiger charge is 2.40. The number of hydrogen-bond acceptors (Lipinski definition) is 15. The molecule has 3 atom stereocenters. The zero-order valence-electron chi connectivity index (χ0n) is 41.6. The lowest BCUT2D eigenvalue weighted by atomic mass is 10.1. The van der Waals surface area contributed by atoms with Crippen LogP contribution in [-0.2, 0) is 59.5 Å². The number of anilines is 4. The average Bonchev–Trinajstić information content (AvgIpc) is 3.99. The molecule has 5 aromatic carbocycles. The SMILES string of the molecule is COc1cc2c(cc1OCc1cc(COc3cc4c(cc3C)C(=O)N3c5ccccc5C[C@H]3CN4)cc(OCCOCCOCCOCCC(=O)ON3C(=O)CC(C)C3=O)c1)NC[C@@H]1Cc3ccccc3N1C2=O. The van der Waals surface area contributed by atoms with E-state index in [9.17, 15) is 24.0 Å². The number of amides is 4. The predicted molar refractivity (Wildman–Crippen MR) is 272 cm³/mol. The molecule has 386 valence electrons. The summed E-state index contributed by atoms with van der Waals surface area (Å²) in [7, 11) is 1.56. The van der Waals surface area contributed by atoms with Gasteiger partial charge < -0.3 is 58.4 Å². The minimum atomic E-state index is -0.728. The van der Waals surface area contributed by atoms with Gasteiger partial charge >= 0.3 is 5.97 Å². The summed E-state index contributed by atoms with van der Waals surface area (Å²) in [5, 5.41) is 7.56. The summed E-state index contributed by atoms with van der Waals surface area (Å²) in [6, 6.07) is 29.3. The van der Waals surface area contributed by atoms with E-state index in [1.165, 1.54) is 5.56 Å². The Morgan fingerprint density at radius 2 is 1.15 bits per heavy atom. The molecule has 18 nitrogen and oxygen atoms in total. The first-order valence-electron chi connectivity index (χ1n) is 25.0. The molecule has 1 unspecified atom stereocenters. The van der Waals surface area contributed by atoms with Gasteiger partial charge in [0.05, 0.1) is 87.8 Å². The third-order valence-corrected chi connectivity index (χ3v) is 13.7. The number of ether oxygens (including phenoxy) is 7. The van der Waals surface area contributed by atoms with Crippen LogP contribution >= 0.6 is 0 Å². The molecule has 74 heavy (non-hydrogen) atoms. The number of aryl methyl sites for hydroxylation is 1. The number of imide groups is 1. The quantitative estimate of drug-likeness (QED) is 0.0574. The first kappa shape index (κ1) is 49.9. The molecule has 5 heterocycles. The van der Waals surface area contributed by atoms with Gasteiger partial charge in [-0.25, -0.2) is 4.79 Å². The molecule has 0 bridgehead atoms. The molecule has 10 rings (SSSR count). The Hall–Kier alpha value is -7.67. The Morgan fingerprint density at radius 1 is 0.608 bits per heavy atom. The number of carbonyl (C=O) groups is 5. The van der Waals surface area contributed by atoms with E-state index < -0.39 is 23.7 Å². The van der Waals surface area contributed by atoms with Gasteiger partial charge in [-0.2, -0.15) is 0 Å². The maximum absolute atomic E-state index is 14.1. The van der Waals surface area contributed by atoms with Crippen molar-refractivity contribution in [3.05, 3.63) is 130 Å². The van der Waals surface area contributed by atoms with Crippen LogP contribution in [0.5, 0.6) is 23.0 Å². The molecule has 0 spiro atoms. The summed E-state index contributed by atoms with van der Waals surface area (Å²) in [5.41, 5.74) is 9.15. The van der Waals surface area contributed by atoms with Gasteiger partial charge in [0.15, 0.2) is 11.5 Å². The Bertz CT molecular complexity index is 2960. The number of carbonyl (C=O) groups excluding carboxylic acids is 5. The fraction of sp³-hybridized carbons (Fsp3) is 0.375. The van der Waals surface area contributed by atoms with E-state index in [1.54, 1.807) is 20.1 Å². The predicted octanol–water partition coefficient (Wildman–Crippen LogP) is 6.83. The van der Waals surface area contributed by atoms with Crippen LogP contribution in [0.1, 0.15) is 68.3 Å². The lowest BCUT2D eigenvalue weighted by Gasteiger charge is -2.23. The monoisotopic (exact) mass is 1010 g/mol. The molecule has 1 saturated heterocycles. The second-order valence-corrected chi connectivity index (χ2v) is 18.9. The van der Waals surface area contributed by atoms with E-state index in [-0.39, 0.29) is 83.0 Å². The van der Waals surface area contributed by atoms with E-state index in [2.05, 4.69) is 22.8 Å².